The van der Waals surface area contributed by atoms with E-state index in [4.69, 9.17) is 13.9 Å². The van der Waals surface area contributed by atoms with Crippen LogP contribution in [0.15, 0.2) is 72.8 Å². The van der Waals surface area contributed by atoms with E-state index in [1.165, 1.54) is 26.4 Å². The van der Waals surface area contributed by atoms with Crippen LogP contribution in [0.5, 0.6) is 17.2 Å². The average Bonchev–Trinajstić information content (AvgIpc) is 2.77. The quantitative estimate of drug-likeness (QED) is 0.558. The van der Waals surface area contributed by atoms with Crippen molar-refractivity contribution in [2.24, 2.45) is 0 Å². The predicted octanol–water partition coefficient (Wildman–Crippen LogP) is 4.34. The monoisotopic (exact) mass is 436 g/mol. The zero-order valence-corrected chi connectivity index (χ0v) is 19.5. The number of aromatic carboxylic acids is 1. The number of benzene rings is 3. The lowest BCUT2D eigenvalue weighted by atomic mass is 10.2. The lowest BCUT2D eigenvalue weighted by Gasteiger charge is -2.43. The van der Waals surface area contributed by atoms with Gasteiger partial charge < -0.3 is 19.0 Å². The van der Waals surface area contributed by atoms with Crippen molar-refractivity contribution in [3.05, 3.63) is 78.4 Å². The third kappa shape index (κ3) is 4.16. The molecule has 3 aromatic rings. The van der Waals surface area contributed by atoms with E-state index >= 15 is 0 Å². The summed E-state index contributed by atoms with van der Waals surface area (Å²) in [6.45, 7) is 6.51. The molecule has 0 saturated carbocycles. The summed E-state index contributed by atoms with van der Waals surface area (Å²) < 4.78 is 18.1. The van der Waals surface area contributed by atoms with Crippen molar-refractivity contribution in [3.63, 3.8) is 0 Å². The third-order valence-corrected chi connectivity index (χ3v) is 10.3. The molecule has 0 atom stereocenters. The molecular weight excluding hydrogens is 408 g/mol. The van der Waals surface area contributed by atoms with Crippen molar-refractivity contribution in [1.82, 2.24) is 0 Å². The lowest BCUT2D eigenvalue weighted by molar-refractivity contribution is 0.0696. The van der Waals surface area contributed by atoms with E-state index in [1.807, 2.05) is 36.4 Å². The highest BCUT2D eigenvalue weighted by Crippen LogP contribution is 2.44. The van der Waals surface area contributed by atoms with Crippen molar-refractivity contribution in [2.75, 3.05) is 14.2 Å². The summed E-state index contributed by atoms with van der Waals surface area (Å²) >= 11 is 0. The van der Waals surface area contributed by atoms with E-state index in [0.29, 0.717) is 17.2 Å². The molecule has 0 fully saturated rings. The average molecular weight is 437 g/mol. The fourth-order valence-corrected chi connectivity index (χ4v) is 8.34. The number of hydrogen-bond acceptors (Lipinski definition) is 4. The fourth-order valence-electron chi connectivity index (χ4n) is 3.91. The number of methoxy groups -OCH3 is 2. The van der Waals surface area contributed by atoms with Gasteiger partial charge in [-0.25, -0.2) is 4.79 Å². The molecule has 0 amide bonds. The number of carbonyl (C=O) groups is 1. The molecule has 0 aliphatic carbocycles. The normalized spacial score (nSPS) is 11.6. The number of carboxylic acids is 1. The fraction of sp³-hybridized carbons (Fsp3) is 0.240. The van der Waals surface area contributed by atoms with Crippen LogP contribution in [0.1, 0.15) is 31.1 Å². The molecule has 0 unspecified atom stereocenters. The van der Waals surface area contributed by atoms with Gasteiger partial charge in [0.05, 0.1) is 19.8 Å². The van der Waals surface area contributed by atoms with Crippen molar-refractivity contribution in [1.29, 1.82) is 0 Å². The Morgan fingerprint density at radius 1 is 0.806 bits per heavy atom. The summed E-state index contributed by atoms with van der Waals surface area (Å²) in [4.78, 5) is 11.6. The van der Waals surface area contributed by atoms with E-state index < -0.39 is 14.3 Å². The highest BCUT2D eigenvalue weighted by atomic mass is 28.4. The highest BCUT2D eigenvalue weighted by Gasteiger charge is 2.52. The summed E-state index contributed by atoms with van der Waals surface area (Å²) in [7, 11) is 0.0598. The molecule has 0 saturated heterocycles. The predicted molar refractivity (Wildman–Crippen MR) is 125 cm³/mol. The maximum atomic E-state index is 11.6. The second-order valence-corrected chi connectivity index (χ2v) is 12.5. The summed E-state index contributed by atoms with van der Waals surface area (Å²) in [5.41, 5.74) is 0.0727. The molecule has 162 valence electrons. The van der Waals surface area contributed by atoms with Gasteiger partial charge in [-0.2, -0.15) is 0 Å². The zero-order chi connectivity index (χ0) is 22.6. The van der Waals surface area contributed by atoms with Crippen LogP contribution in [0, 0.1) is 0 Å². The van der Waals surface area contributed by atoms with Crippen LogP contribution in [-0.2, 0) is 0 Å². The van der Waals surface area contributed by atoms with Crippen LogP contribution in [0.2, 0.25) is 5.04 Å². The smallest absolute Gasteiger partial charge is 0.335 e. The van der Waals surface area contributed by atoms with E-state index in [-0.39, 0.29) is 10.6 Å². The molecule has 31 heavy (non-hydrogen) atoms. The minimum Gasteiger partial charge on any atom is -0.529 e. The van der Waals surface area contributed by atoms with Crippen LogP contribution < -0.4 is 24.3 Å². The Hall–Kier alpha value is -3.25. The van der Waals surface area contributed by atoms with Crippen molar-refractivity contribution in [2.45, 2.75) is 25.8 Å². The van der Waals surface area contributed by atoms with Gasteiger partial charge in [0.15, 0.2) is 17.2 Å². The Bertz CT molecular complexity index is 978. The number of ether oxygens (including phenoxy) is 2. The first-order valence-electron chi connectivity index (χ1n) is 10.0. The summed E-state index contributed by atoms with van der Waals surface area (Å²) in [5.74, 6) is -0.00706. The highest BCUT2D eigenvalue weighted by molar-refractivity contribution is 7.00. The van der Waals surface area contributed by atoms with Gasteiger partial charge in [0, 0.05) is 0 Å². The molecule has 5 nitrogen and oxygen atoms in total. The minimum absolute atomic E-state index is 0.0727. The van der Waals surface area contributed by atoms with E-state index in [9.17, 15) is 9.90 Å². The van der Waals surface area contributed by atoms with Crippen LogP contribution in [0.4, 0.5) is 0 Å². The Labute approximate surface area is 184 Å². The molecule has 0 heterocycles. The summed E-state index contributed by atoms with van der Waals surface area (Å²) in [6, 6.07) is 23.3. The molecule has 0 aromatic heterocycles. The maximum absolute atomic E-state index is 11.6. The van der Waals surface area contributed by atoms with Gasteiger partial charge in [-0.1, -0.05) is 81.4 Å². The van der Waals surface area contributed by atoms with Gasteiger partial charge in [-0.05, 0) is 27.5 Å². The van der Waals surface area contributed by atoms with Crippen LogP contribution in [0.25, 0.3) is 0 Å². The molecule has 0 spiro atoms. The molecule has 3 aromatic carbocycles. The lowest BCUT2D eigenvalue weighted by Crippen LogP contribution is -2.68. The molecule has 0 aliphatic heterocycles. The Morgan fingerprint density at radius 3 is 1.55 bits per heavy atom. The molecule has 6 heteroatoms. The Morgan fingerprint density at radius 2 is 1.23 bits per heavy atom. The second-order valence-electron chi connectivity index (χ2n) is 8.28. The van der Waals surface area contributed by atoms with Crippen LogP contribution >= 0.6 is 0 Å². The number of carboxylic acid groups (broad SMARTS) is 1. The number of hydrogen-bond donors (Lipinski definition) is 1. The largest absolute Gasteiger partial charge is 0.529 e. The minimum atomic E-state index is -2.94. The number of rotatable bonds is 7. The van der Waals surface area contributed by atoms with Gasteiger partial charge in [0.25, 0.3) is 0 Å². The topological polar surface area (TPSA) is 65.0 Å². The van der Waals surface area contributed by atoms with E-state index in [1.54, 1.807) is 0 Å². The van der Waals surface area contributed by atoms with Gasteiger partial charge >= 0.3 is 14.3 Å². The van der Waals surface area contributed by atoms with Crippen molar-refractivity contribution >= 4 is 24.7 Å². The molecule has 0 aliphatic rings. The molecule has 3 rings (SSSR count). The van der Waals surface area contributed by atoms with Crippen molar-refractivity contribution < 1.29 is 23.8 Å². The first-order valence-corrected chi connectivity index (χ1v) is 11.9. The first-order chi connectivity index (χ1) is 14.7. The standard InChI is InChI=1S/C25H28O5Si/c1-25(2,3)31(19-12-8-6-9-13-19,20-14-10-7-11-15-20)30-23-21(28-4)16-18(24(26)27)17-22(23)29-5/h6-17H,1-5H3,(H,26,27). The van der Waals surface area contributed by atoms with Gasteiger partial charge in [0.2, 0.25) is 0 Å². The molecule has 1 N–H and O–H groups in total. The van der Waals surface area contributed by atoms with Gasteiger partial charge in [0.1, 0.15) is 0 Å². The second kappa shape index (κ2) is 8.86. The third-order valence-electron chi connectivity index (χ3n) is 5.38. The molecule has 0 bridgehead atoms. The zero-order valence-electron chi connectivity index (χ0n) is 18.5. The SMILES string of the molecule is COc1cc(C(=O)O)cc(OC)c1O[Si](c1ccccc1)(c1ccccc1)C(C)(C)C. The van der Waals surface area contributed by atoms with Crippen LogP contribution in [-0.4, -0.2) is 33.6 Å². The Balaban J connectivity index is 2.34. The molecule has 0 radical (unpaired) electrons. The summed E-state index contributed by atoms with van der Waals surface area (Å²) in [6.07, 6.45) is 0. The maximum Gasteiger partial charge on any atom is 0.335 e. The van der Waals surface area contributed by atoms with Crippen molar-refractivity contribution in [3.8, 4) is 17.2 Å². The van der Waals surface area contributed by atoms with Crippen LogP contribution in [0.3, 0.4) is 0 Å². The molecular formula is C25H28O5Si. The summed E-state index contributed by atoms with van der Waals surface area (Å²) in [5, 5.41) is 11.4. The van der Waals surface area contributed by atoms with Gasteiger partial charge in [-0.15, -0.1) is 0 Å². The Kier molecular flexibility index (Phi) is 6.41. The van der Waals surface area contributed by atoms with E-state index in [2.05, 4.69) is 45.0 Å². The van der Waals surface area contributed by atoms with Gasteiger partial charge in [-0.3, -0.25) is 0 Å². The van der Waals surface area contributed by atoms with E-state index in [0.717, 1.165) is 10.4 Å². The first kappa shape index (κ1) is 22.4.